The third-order valence-electron chi connectivity index (χ3n) is 6.23. The predicted octanol–water partition coefficient (Wildman–Crippen LogP) is 4.27. The summed E-state index contributed by atoms with van der Waals surface area (Å²) in [7, 11) is 0. The first-order chi connectivity index (χ1) is 16.1. The summed E-state index contributed by atoms with van der Waals surface area (Å²) in [4.78, 5) is 30.5. The lowest BCUT2D eigenvalue weighted by Gasteiger charge is -2.16. The molecule has 170 valence electrons. The van der Waals surface area contributed by atoms with Gasteiger partial charge in [0.15, 0.2) is 18.1 Å². The number of rotatable bonds is 5. The number of carbonyl (C=O) groups excluding carboxylic acids is 2. The van der Waals surface area contributed by atoms with Gasteiger partial charge in [0.25, 0.3) is 5.91 Å². The van der Waals surface area contributed by atoms with E-state index in [1.165, 1.54) is 0 Å². The van der Waals surface area contributed by atoms with Gasteiger partial charge in [-0.25, -0.2) is 4.79 Å². The van der Waals surface area contributed by atoms with E-state index in [-0.39, 0.29) is 25.3 Å². The van der Waals surface area contributed by atoms with Crippen molar-refractivity contribution in [2.45, 2.75) is 45.1 Å². The van der Waals surface area contributed by atoms with Crippen molar-refractivity contribution in [3.05, 3.63) is 64.8 Å². The van der Waals surface area contributed by atoms with Gasteiger partial charge in [-0.3, -0.25) is 9.78 Å². The van der Waals surface area contributed by atoms with E-state index < -0.39 is 5.97 Å². The standard InChI is InChI=1S/C26H26N2O5/c1-16(17-11-12-22-23(13-17)33-15-32-22)27-24(29)14-31-26(30)25-18-7-3-2-4-9-20(18)28-21-10-6-5-8-19(21)25/h5-6,8,10-13,16H,2-4,7,9,14-15H2,1H3,(H,27,29)/t16-/m0/s1. The molecule has 1 aromatic heterocycles. The number of aromatic nitrogens is 1. The molecule has 0 bridgehead atoms. The van der Waals surface area contributed by atoms with Crippen LogP contribution in [0.2, 0.25) is 0 Å². The van der Waals surface area contributed by atoms with Crippen molar-refractivity contribution in [1.82, 2.24) is 10.3 Å². The molecule has 0 radical (unpaired) electrons. The number of hydrogen-bond donors (Lipinski definition) is 1. The Labute approximate surface area is 192 Å². The lowest BCUT2D eigenvalue weighted by molar-refractivity contribution is -0.124. The first-order valence-corrected chi connectivity index (χ1v) is 11.4. The molecular weight excluding hydrogens is 420 g/mol. The van der Waals surface area contributed by atoms with Crippen molar-refractivity contribution in [3.63, 3.8) is 0 Å². The van der Waals surface area contributed by atoms with Gasteiger partial charge >= 0.3 is 5.97 Å². The van der Waals surface area contributed by atoms with Crippen LogP contribution in [0.25, 0.3) is 10.9 Å². The maximum Gasteiger partial charge on any atom is 0.339 e. The van der Waals surface area contributed by atoms with Crippen LogP contribution in [0.3, 0.4) is 0 Å². The molecule has 0 saturated carbocycles. The Hall–Kier alpha value is -3.61. The molecule has 1 amide bonds. The van der Waals surface area contributed by atoms with Crippen LogP contribution in [-0.2, 0) is 22.4 Å². The summed E-state index contributed by atoms with van der Waals surface area (Å²) < 4.78 is 16.2. The lowest BCUT2D eigenvalue weighted by atomic mass is 9.97. The molecule has 0 spiro atoms. The summed E-state index contributed by atoms with van der Waals surface area (Å²) in [5.74, 6) is 0.510. The predicted molar refractivity (Wildman–Crippen MR) is 122 cm³/mol. The average Bonchev–Trinajstić information content (AvgIpc) is 3.18. The minimum atomic E-state index is -0.474. The van der Waals surface area contributed by atoms with E-state index in [9.17, 15) is 9.59 Å². The largest absolute Gasteiger partial charge is 0.454 e. The molecule has 2 aliphatic rings. The normalized spacial score (nSPS) is 15.4. The second-order valence-corrected chi connectivity index (χ2v) is 8.47. The lowest BCUT2D eigenvalue weighted by Crippen LogP contribution is -2.31. The Kier molecular flexibility index (Phi) is 5.86. The van der Waals surface area contributed by atoms with E-state index in [4.69, 9.17) is 19.2 Å². The number of nitrogens with zero attached hydrogens (tertiary/aromatic N) is 1. The molecule has 1 aliphatic carbocycles. The van der Waals surface area contributed by atoms with Gasteiger partial charge in [-0.1, -0.05) is 30.7 Å². The summed E-state index contributed by atoms with van der Waals surface area (Å²) in [6, 6.07) is 12.9. The highest BCUT2D eigenvalue weighted by Gasteiger charge is 2.24. The third kappa shape index (κ3) is 4.35. The van der Waals surface area contributed by atoms with Crippen LogP contribution in [0.5, 0.6) is 11.5 Å². The first kappa shape index (κ1) is 21.2. The molecule has 2 heterocycles. The van der Waals surface area contributed by atoms with Crippen molar-refractivity contribution < 1.29 is 23.8 Å². The van der Waals surface area contributed by atoms with Gasteiger partial charge in [-0.05, 0) is 61.9 Å². The number of benzene rings is 2. The molecule has 0 unspecified atom stereocenters. The van der Waals surface area contributed by atoms with Gasteiger partial charge in [0.05, 0.1) is 17.1 Å². The molecule has 0 fully saturated rings. The molecular formula is C26H26N2O5. The summed E-state index contributed by atoms with van der Waals surface area (Å²) in [5.41, 5.74) is 4.15. The molecule has 33 heavy (non-hydrogen) atoms. The van der Waals surface area contributed by atoms with Crippen LogP contribution < -0.4 is 14.8 Å². The van der Waals surface area contributed by atoms with Crippen LogP contribution in [0.4, 0.5) is 0 Å². The van der Waals surface area contributed by atoms with Crippen molar-refractivity contribution in [2.24, 2.45) is 0 Å². The number of pyridine rings is 1. The van der Waals surface area contributed by atoms with E-state index >= 15 is 0 Å². The molecule has 5 rings (SSSR count). The van der Waals surface area contributed by atoms with Crippen LogP contribution in [-0.4, -0.2) is 30.3 Å². The summed E-state index contributed by atoms with van der Waals surface area (Å²) in [6.07, 6.45) is 4.84. The van der Waals surface area contributed by atoms with Gasteiger partial charge in [0.2, 0.25) is 6.79 Å². The molecule has 2 aromatic carbocycles. The Bertz CT molecular complexity index is 1220. The zero-order chi connectivity index (χ0) is 22.8. The second kappa shape index (κ2) is 9.10. The third-order valence-corrected chi connectivity index (χ3v) is 6.23. The molecule has 1 aliphatic heterocycles. The van der Waals surface area contributed by atoms with Crippen molar-refractivity contribution in [1.29, 1.82) is 0 Å². The minimum Gasteiger partial charge on any atom is -0.454 e. The van der Waals surface area contributed by atoms with E-state index in [2.05, 4.69) is 5.32 Å². The van der Waals surface area contributed by atoms with Crippen LogP contribution in [0.15, 0.2) is 42.5 Å². The molecule has 1 atom stereocenters. The quantitative estimate of drug-likeness (QED) is 0.465. The Balaban J connectivity index is 1.30. The zero-order valence-electron chi connectivity index (χ0n) is 18.6. The maximum atomic E-state index is 13.2. The summed E-state index contributed by atoms with van der Waals surface area (Å²) in [5, 5.41) is 3.65. The Morgan fingerprint density at radius 2 is 1.88 bits per heavy atom. The molecule has 3 aromatic rings. The van der Waals surface area contributed by atoms with Gasteiger partial charge in [-0.2, -0.15) is 0 Å². The monoisotopic (exact) mass is 446 g/mol. The van der Waals surface area contributed by atoms with E-state index in [0.717, 1.165) is 59.8 Å². The number of hydrogen-bond acceptors (Lipinski definition) is 6. The van der Waals surface area contributed by atoms with Gasteiger partial charge in [0, 0.05) is 11.1 Å². The maximum absolute atomic E-state index is 13.2. The Morgan fingerprint density at radius 1 is 1.06 bits per heavy atom. The molecule has 7 nitrogen and oxygen atoms in total. The fourth-order valence-corrected chi connectivity index (χ4v) is 4.53. The average molecular weight is 447 g/mol. The van der Waals surface area contributed by atoms with Gasteiger partial charge in [0.1, 0.15) is 0 Å². The highest BCUT2D eigenvalue weighted by Crippen LogP contribution is 2.34. The number of nitrogens with one attached hydrogen (secondary N) is 1. The van der Waals surface area contributed by atoms with E-state index in [0.29, 0.717) is 17.1 Å². The molecule has 0 saturated heterocycles. The zero-order valence-corrected chi connectivity index (χ0v) is 18.6. The topological polar surface area (TPSA) is 86.8 Å². The fraction of sp³-hybridized carbons (Fsp3) is 0.346. The molecule has 7 heteroatoms. The van der Waals surface area contributed by atoms with E-state index in [1.807, 2.05) is 49.4 Å². The number of esters is 1. The SMILES string of the molecule is C[C@H](NC(=O)COC(=O)c1c2c(nc3ccccc13)CCCCC2)c1ccc2c(c1)OCO2. The number of aryl methyl sites for hydroxylation is 1. The first-order valence-electron chi connectivity index (χ1n) is 11.4. The van der Waals surface area contributed by atoms with Gasteiger partial charge < -0.3 is 19.5 Å². The second-order valence-electron chi connectivity index (χ2n) is 8.47. The highest BCUT2D eigenvalue weighted by atomic mass is 16.7. The number of amides is 1. The fourth-order valence-electron chi connectivity index (χ4n) is 4.53. The minimum absolute atomic E-state index is 0.197. The van der Waals surface area contributed by atoms with Crippen LogP contribution in [0, 0.1) is 0 Å². The smallest absolute Gasteiger partial charge is 0.339 e. The van der Waals surface area contributed by atoms with Crippen molar-refractivity contribution >= 4 is 22.8 Å². The number of fused-ring (bicyclic) bond motifs is 3. The number of ether oxygens (including phenoxy) is 3. The van der Waals surface area contributed by atoms with Crippen molar-refractivity contribution in [2.75, 3.05) is 13.4 Å². The summed E-state index contributed by atoms with van der Waals surface area (Å²) in [6.45, 7) is 1.72. The molecule has 1 N–H and O–H groups in total. The highest BCUT2D eigenvalue weighted by molar-refractivity contribution is 6.05. The van der Waals surface area contributed by atoms with Crippen LogP contribution in [0.1, 0.15) is 59.4 Å². The van der Waals surface area contributed by atoms with E-state index in [1.54, 1.807) is 0 Å². The number of carbonyl (C=O) groups is 2. The van der Waals surface area contributed by atoms with Crippen LogP contribution >= 0.6 is 0 Å². The summed E-state index contributed by atoms with van der Waals surface area (Å²) >= 11 is 0. The number of para-hydroxylation sites is 1. The Morgan fingerprint density at radius 3 is 2.79 bits per heavy atom. The van der Waals surface area contributed by atoms with Crippen molar-refractivity contribution in [3.8, 4) is 11.5 Å². The van der Waals surface area contributed by atoms with Gasteiger partial charge in [-0.15, -0.1) is 0 Å².